The van der Waals surface area contributed by atoms with Gasteiger partial charge in [-0.15, -0.1) is 5.10 Å². The lowest BCUT2D eigenvalue weighted by Gasteiger charge is -2.26. The lowest BCUT2D eigenvalue weighted by molar-refractivity contribution is 0.301. The van der Waals surface area contributed by atoms with Crippen molar-refractivity contribution in [2.45, 2.75) is 12.5 Å². The van der Waals surface area contributed by atoms with E-state index in [4.69, 9.17) is 15.2 Å². The molecule has 37 heavy (non-hydrogen) atoms. The van der Waals surface area contributed by atoms with Crippen molar-refractivity contribution in [3.63, 3.8) is 0 Å². The number of rotatable bonds is 5. The van der Waals surface area contributed by atoms with Gasteiger partial charge in [-0.05, 0) is 34.5 Å². The molecule has 3 N–H and O–H groups in total. The van der Waals surface area contributed by atoms with Gasteiger partial charge in [0.15, 0.2) is 0 Å². The standard InChI is InChI=1S/C30H21FN4O2/c31-20-14-12-18(13-15-20)17-36-25-11-4-3-9-23(25)26-24(16-32)29(33)37-30-27(26)28(34-35-30)22-10-5-7-19-6-1-2-8-21(19)22/h1-15,26H,17,33H2,(H,34,35)/t26-/m0/s1. The Labute approximate surface area is 212 Å². The third-order valence-corrected chi connectivity index (χ3v) is 6.54. The van der Waals surface area contributed by atoms with Crippen LogP contribution in [0.1, 0.15) is 22.6 Å². The van der Waals surface area contributed by atoms with Crippen molar-refractivity contribution >= 4 is 10.8 Å². The molecule has 5 aromatic rings. The smallest absolute Gasteiger partial charge is 0.244 e. The van der Waals surface area contributed by atoms with E-state index in [0.29, 0.717) is 17.2 Å². The molecular formula is C30H21FN4O2. The molecule has 0 spiro atoms. The summed E-state index contributed by atoms with van der Waals surface area (Å²) in [5.41, 5.74) is 10.4. The number of halogens is 1. The largest absolute Gasteiger partial charge is 0.489 e. The number of aromatic amines is 1. The Balaban J connectivity index is 1.49. The fourth-order valence-electron chi connectivity index (χ4n) is 4.80. The predicted molar refractivity (Wildman–Crippen MR) is 138 cm³/mol. The third-order valence-electron chi connectivity index (χ3n) is 6.54. The number of para-hydroxylation sites is 1. The molecule has 4 aromatic carbocycles. The van der Waals surface area contributed by atoms with Crippen LogP contribution in [0, 0.1) is 17.1 Å². The summed E-state index contributed by atoms with van der Waals surface area (Å²) in [6.07, 6.45) is 0. The number of nitrogens with two attached hydrogens (primary N) is 1. The molecule has 1 atom stereocenters. The van der Waals surface area contributed by atoms with Crippen LogP contribution in [0.4, 0.5) is 4.39 Å². The minimum absolute atomic E-state index is 0.00399. The van der Waals surface area contributed by atoms with Crippen LogP contribution in [0.25, 0.3) is 22.0 Å². The van der Waals surface area contributed by atoms with Crippen molar-refractivity contribution in [3.05, 3.63) is 125 Å². The van der Waals surface area contributed by atoms with E-state index in [1.165, 1.54) is 12.1 Å². The topological polar surface area (TPSA) is 97.0 Å². The zero-order chi connectivity index (χ0) is 25.4. The maximum atomic E-state index is 13.4. The molecular weight excluding hydrogens is 467 g/mol. The summed E-state index contributed by atoms with van der Waals surface area (Å²) in [7, 11) is 0. The highest BCUT2D eigenvalue weighted by atomic mass is 19.1. The van der Waals surface area contributed by atoms with Crippen molar-refractivity contribution < 1.29 is 13.9 Å². The number of fused-ring (bicyclic) bond motifs is 2. The highest BCUT2D eigenvalue weighted by molar-refractivity contribution is 5.97. The minimum Gasteiger partial charge on any atom is -0.489 e. The molecule has 0 radical (unpaired) electrons. The maximum absolute atomic E-state index is 13.4. The zero-order valence-corrected chi connectivity index (χ0v) is 19.6. The summed E-state index contributed by atoms with van der Waals surface area (Å²) in [6, 6.07) is 30.0. The minimum atomic E-state index is -0.578. The maximum Gasteiger partial charge on any atom is 0.244 e. The third kappa shape index (κ3) is 3.95. The number of nitrogens with one attached hydrogen (secondary N) is 1. The quantitative estimate of drug-likeness (QED) is 0.309. The number of nitriles is 1. The second-order valence-electron chi connectivity index (χ2n) is 8.72. The Bertz CT molecular complexity index is 1690. The number of hydrogen-bond acceptors (Lipinski definition) is 5. The normalized spacial score (nSPS) is 14.6. The number of ether oxygens (including phenoxy) is 2. The molecule has 6 rings (SSSR count). The molecule has 0 saturated heterocycles. The van der Waals surface area contributed by atoms with Crippen LogP contribution < -0.4 is 15.2 Å². The van der Waals surface area contributed by atoms with Gasteiger partial charge in [-0.1, -0.05) is 72.8 Å². The number of hydrogen-bond donors (Lipinski definition) is 2. The van der Waals surface area contributed by atoms with Gasteiger partial charge < -0.3 is 15.2 Å². The molecule has 0 aliphatic carbocycles. The van der Waals surface area contributed by atoms with E-state index in [-0.39, 0.29) is 23.9 Å². The van der Waals surface area contributed by atoms with Gasteiger partial charge >= 0.3 is 0 Å². The van der Waals surface area contributed by atoms with Crippen molar-refractivity contribution in [1.82, 2.24) is 10.2 Å². The first kappa shape index (κ1) is 22.4. The molecule has 1 aromatic heterocycles. The molecule has 1 aliphatic heterocycles. The Kier molecular flexibility index (Phi) is 5.55. The molecule has 1 aliphatic rings. The van der Waals surface area contributed by atoms with Gasteiger partial charge in [0, 0.05) is 11.1 Å². The summed E-state index contributed by atoms with van der Waals surface area (Å²) < 4.78 is 25.3. The van der Waals surface area contributed by atoms with E-state index in [0.717, 1.165) is 33.2 Å². The summed E-state index contributed by atoms with van der Waals surface area (Å²) in [4.78, 5) is 0. The van der Waals surface area contributed by atoms with E-state index < -0.39 is 5.92 Å². The molecule has 0 amide bonds. The van der Waals surface area contributed by atoms with E-state index in [1.807, 2.05) is 66.7 Å². The van der Waals surface area contributed by atoms with Crippen LogP contribution >= 0.6 is 0 Å². The Morgan fingerprint density at radius 1 is 0.973 bits per heavy atom. The monoisotopic (exact) mass is 488 g/mol. The van der Waals surface area contributed by atoms with Crippen LogP contribution in [0.5, 0.6) is 11.6 Å². The summed E-state index contributed by atoms with van der Waals surface area (Å²) in [5.74, 6) is 0.0161. The Morgan fingerprint density at radius 2 is 1.73 bits per heavy atom. The van der Waals surface area contributed by atoms with E-state index in [9.17, 15) is 9.65 Å². The number of H-pyrrole nitrogens is 1. The van der Waals surface area contributed by atoms with Gasteiger partial charge in [0.25, 0.3) is 0 Å². The first-order chi connectivity index (χ1) is 18.1. The Hall–Kier alpha value is -5.09. The van der Waals surface area contributed by atoms with Gasteiger partial charge in [-0.3, -0.25) is 5.10 Å². The molecule has 180 valence electrons. The molecule has 0 fully saturated rings. The highest BCUT2D eigenvalue weighted by Crippen LogP contribution is 2.48. The average molecular weight is 489 g/mol. The van der Waals surface area contributed by atoms with E-state index in [2.05, 4.69) is 16.3 Å². The number of benzene rings is 4. The zero-order valence-electron chi connectivity index (χ0n) is 19.6. The van der Waals surface area contributed by atoms with Gasteiger partial charge in [0.2, 0.25) is 11.8 Å². The van der Waals surface area contributed by atoms with Crippen molar-refractivity contribution in [3.8, 4) is 29.0 Å². The van der Waals surface area contributed by atoms with Crippen molar-refractivity contribution in [1.29, 1.82) is 5.26 Å². The van der Waals surface area contributed by atoms with Crippen LogP contribution in [0.15, 0.2) is 102 Å². The van der Waals surface area contributed by atoms with Gasteiger partial charge in [-0.2, -0.15) is 5.26 Å². The summed E-state index contributed by atoms with van der Waals surface area (Å²) >= 11 is 0. The van der Waals surface area contributed by atoms with Gasteiger partial charge in [0.1, 0.15) is 29.8 Å². The summed E-state index contributed by atoms with van der Waals surface area (Å²) in [5, 5.41) is 19.8. The van der Waals surface area contributed by atoms with Crippen LogP contribution in [0.2, 0.25) is 0 Å². The fourth-order valence-corrected chi connectivity index (χ4v) is 4.80. The number of nitrogens with zero attached hydrogens (tertiary/aromatic N) is 2. The highest BCUT2D eigenvalue weighted by Gasteiger charge is 2.37. The molecule has 0 saturated carbocycles. The lowest BCUT2D eigenvalue weighted by Crippen LogP contribution is -2.21. The second kappa shape index (κ2) is 9.17. The number of allylic oxidation sites excluding steroid dienone is 1. The first-order valence-electron chi connectivity index (χ1n) is 11.7. The lowest BCUT2D eigenvalue weighted by atomic mass is 9.82. The van der Waals surface area contributed by atoms with Gasteiger partial charge in [0.05, 0.1) is 17.2 Å². The summed E-state index contributed by atoms with van der Waals surface area (Å²) in [6.45, 7) is 0.232. The first-order valence-corrected chi connectivity index (χ1v) is 11.7. The van der Waals surface area contributed by atoms with E-state index >= 15 is 0 Å². The van der Waals surface area contributed by atoms with Crippen molar-refractivity contribution in [2.75, 3.05) is 0 Å². The van der Waals surface area contributed by atoms with Crippen LogP contribution in [0.3, 0.4) is 0 Å². The molecule has 6 nitrogen and oxygen atoms in total. The molecule has 0 bridgehead atoms. The molecule has 0 unspecified atom stereocenters. The van der Waals surface area contributed by atoms with Gasteiger partial charge in [-0.25, -0.2) is 4.39 Å². The van der Waals surface area contributed by atoms with Crippen molar-refractivity contribution in [2.24, 2.45) is 5.73 Å². The van der Waals surface area contributed by atoms with Crippen LogP contribution in [-0.2, 0) is 6.61 Å². The van der Waals surface area contributed by atoms with Crippen LogP contribution in [-0.4, -0.2) is 10.2 Å². The van der Waals surface area contributed by atoms with E-state index in [1.54, 1.807) is 12.1 Å². The SMILES string of the molecule is N#CC1=C(N)Oc2n[nH]c(-c3cccc4ccccc34)c2[C@H]1c1ccccc1OCc1ccc(F)cc1. The predicted octanol–water partition coefficient (Wildman–Crippen LogP) is 6.17. The Morgan fingerprint density at radius 3 is 2.57 bits per heavy atom. The number of aromatic nitrogens is 2. The average Bonchev–Trinajstić information content (AvgIpc) is 3.35. The molecule has 2 heterocycles. The molecule has 7 heteroatoms. The fraction of sp³-hybridized carbons (Fsp3) is 0.0667. The second-order valence-corrected chi connectivity index (χ2v) is 8.72.